The number of anilines is 1. The lowest BCUT2D eigenvalue weighted by molar-refractivity contribution is -0.121. The van der Waals surface area contributed by atoms with Crippen molar-refractivity contribution in [2.45, 2.75) is 38.1 Å². The van der Waals surface area contributed by atoms with Crippen molar-refractivity contribution in [2.75, 3.05) is 39.0 Å². The first-order valence-corrected chi connectivity index (χ1v) is 11.1. The number of imide groups is 1. The number of benzene rings is 1. The second kappa shape index (κ2) is 8.54. The van der Waals surface area contributed by atoms with E-state index in [0.717, 1.165) is 11.3 Å². The maximum atomic E-state index is 13.1. The standard InChI is InChI=1S/C23H30N4O5/c1-24-19(30)4-3-15(11-28)27-21(31)17-7-16(29)8-18(20(17)22(27)32)25-6-5-14-9-23(10-14)12-26(2)13-23/h7-8,11,14-15,25,29H,3-6,9-10,12-13H2,1-2H3,(H,24,30). The number of hydrogen-bond donors (Lipinski definition) is 3. The average molecular weight is 443 g/mol. The third-order valence-corrected chi connectivity index (χ3v) is 6.96. The lowest BCUT2D eigenvalue weighted by atomic mass is 9.57. The van der Waals surface area contributed by atoms with Gasteiger partial charge in [-0.1, -0.05) is 0 Å². The SMILES string of the molecule is CNC(=O)CCC(C=O)N1C(=O)c2cc(O)cc(NCCC3CC4(C3)CN(C)C4)c2C1=O. The minimum atomic E-state index is -1.04. The lowest BCUT2D eigenvalue weighted by Crippen LogP contribution is -2.60. The van der Waals surface area contributed by atoms with Crippen molar-refractivity contribution < 1.29 is 24.3 Å². The van der Waals surface area contributed by atoms with Gasteiger partial charge in [0.1, 0.15) is 12.0 Å². The number of rotatable bonds is 9. The van der Waals surface area contributed by atoms with Gasteiger partial charge in [-0.25, -0.2) is 0 Å². The number of nitrogens with one attached hydrogen (secondary N) is 2. The highest BCUT2D eigenvalue weighted by Gasteiger charge is 2.50. The predicted molar refractivity (Wildman–Crippen MR) is 118 cm³/mol. The van der Waals surface area contributed by atoms with Crippen molar-refractivity contribution in [1.82, 2.24) is 15.1 Å². The summed E-state index contributed by atoms with van der Waals surface area (Å²) in [6, 6.07) is 1.66. The molecule has 0 aromatic heterocycles. The number of amides is 3. The molecule has 3 amide bonds. The van der Waals surface area contributed by atoms with Crippen LogP contribution in [0.2, 0.25) is 0 Å². The summed E-state index contributed by atoms with van der Waals surface area (Å²) >= 11 is 0. The van der Waals surface area contributed by atoms with Crippen LogP contribution < -0.4 is 10.6 Å². The Morgan fingerprint density at radius 2 is 2.00 bits per heavy atom. The van der Waals surface area contributed by atoms with Gasteiger partial charge < -0.3 is 25.4 Å². The molecular formula is C23H30N4O5. The first kappa shape index (κ1) is 22.3. The van der Waals surface area contributed by atoms with Crippen molar-refractivity contribution in [3.8, 4) is 5.75 Å². The molecule has 2 heterocycles. The number of hydrogen-bond acceptors (Lipinski definition) is 7. The summed E-state index contributed by atoms with van der Waals surface area (Å²) in [7, 11) is 3.62. The number of likely N-dealkylation sites (tertiary alicyclic amines) is 1. The number of carbonyl (C=O) groups excluding carboxylic acids is 4. The van der Waals surface area contributed by atoms with Gasteiger partial charge in [-0.05, 0) is 50.1 Å². The van der Waals surface area contributed by atoms with E-state index in [4.69, 9.17) is 0 Å². The van der Waals surface area contributed by atoms with Gasteiger partial charge in [0.15, 0.2) is 0 Å². The molecule has 172 valence electrons. The van der Waals surface area contributed by atoms with Gasteiger partial charge in [0.25, 0.3) is 11.8 Å². The molecule has 1 aromatic rings. The van der Waals surface area contributed by atoms with Crippen LogP contribution in [0.1, 0.15) is 52.8 Å². The molecule has 1 saturated carbocycles. The Kier molecular flexibility index (Phi) is 5.94. The van der Waals surface area contributed by atoms with E-state index in [-0.39, 0.29) is 35.6 Å². The monoisotopic (exact) mass is 442 g/mol. The third kappa shape index (κ3) is 3.97. The minimum absolute atomic E-state index is 0.0162. The van der Waals surface area contributed by atoms with E-state index in [1.165, 1.54) is 45.1 Å². The van der Waals surface area contributed by atoms with E-state index in [1.807, 2.05) is 0 Å². The summed E-state index contributed by atoms with van der Waals surface area (Å²) in [5, 5.41) is 15.8. The average Bonchev–Trinajstić information content (AvgIpc) is 2.95. The van der Waals surface area contributed by atoms with Crippen LogP contribution >= 0.6 is 0 Å². The second-order valence-electron chi connectivity index (χ2n) is 9.47. The van der Waals surface area contributed by atoms with Crippen LogP contribution in [-0.4, -0.2) is 78.7 Å². The Morgan fingerprint density at radius 1 is 1.28 bits per heavy atom. The Labute approximate surface area is 187 Å². The molecule has 9 nitrogen and oxygen atoms in total. The highest BCUT2D eigenvalue weighted by Crippen LogP contribution is 2.52. The molecule has 3 N–H and O–H groups in total. The molecule has 1 aromatic carbocycles. The number of aromatic hydroxyl groups is 1. The van der Waals surface area contributed by atoms with E-state index in [0.29, 0.717) is 29.9 Å². The van der Waals surface area contributed by atoms with E-state index >= 15 is 0 Å². The second-order valence-corrected chi connectivity index (χ2v) is 9.47. The van der Waals surface area contributed by atoms with E-state index in [2.05, 4.69) is 22.6 Å². The number of phenols is 1. The molecule has 0 radical (unpaired) electrons. The first-order valence-electron chi connectivity index (χ1n) is 11.1. The number of fused-ring (bicyclic) bond motifs is 1. The fraction of sp³-hybridized carbons (Fsp3) is 0.565. The van der Waals surface area contributed by atoms with E-state index in [9.17, 15) is 24.3 Å². The van der Waals surface area contributed by atoms with Crippen LogP contribution in [0.4, 0.5) is 5.69 Å². The number of nitrogens with zero attached hydrogens (tertiary/aromatic N) is 2. The highest BCUT2D eigenvalue weighted by molar-refractivity contribution is 6.24. The normalized spacial score (nSPS) is 20.5. The van der Waals surface area contributed by atoms with Gasteiger partial charge >= 0.3 is 0 Å². The highest BCUT2D eigenvalue weighted by atomic mass is 16.3. The molecule has 1 aliphatic carbocycles. The molecule has 1 saturated heterocycles. The zero-order chi connectivity index (χ0) is 23.0. The van der Waals surface area contributed by atoms with Gasteiger partial charge in [-0.3, -0.25) is 19.3 Å². The Hall–Kier alpha value is -2.94. The summed E-state index contributed by atoms with van der Waals surface area (Å²) in [6.45, 7) is 2.96. The molecule has 32 heavy (non-hydrogen) atoms. The smallest absolute Gasteiger partial charge is 0.264 e. The zero-order valence-electron chi connectivity index (χ0n) is 18.5. The summed E-state index contributed by atoms with van der Waals surface area (Å²) in [5.41, 5.74) is 1.15. The number of aldehydes is 1. The van der Waals surface area contributed by atoms with E-state index in [1.54, 1.807) is 0 Å². The summed E-state index contributed by atoms with van der Waals surface area (Å²) in [4.78, 5) is 52.4. The van der Waals surface area contributed by atoms with Crippen LogP contribution in [0.3, 0.4) is 0 Å². The van der Waals surface area contributed by atoms with E-state index < -0.39 is 17.9 Å². The lowest BCUT2D eigenvalue weighted by Gasteiger charge is -2.58. The van der Waals surface area contributed by atoms with Gasteiger partial charge in [0.05, 0.1) is 22.9 Å². The van der Waals surface area contributed by atoms with Gasteiger partial charge in [0, 0.05) is 39.2 Å². The fourth-order valence-corrected chi connectivity index (χ4v) is 5.61. The van der Waals surface area contributed by atoms with Crippen molar-refractivity contribution in [3.05, 3.63) is 23.3 Å². The molecule has 0 bridgehead atoms. The molecule has 2 aliphatic heterocycles. The Morgan fingerprint density at radius 3 is 2.62 bits per heavy atom. The van der Waals surface area contributed by atoms with Crippen LogP contribution in [0, 0.1) is 11.3 Å². The summed E-state index contributed by atoms with van der Waals surface area (Å²) in [6.07, 6.45) is 3.96. The Bertz CT molecular complexity index is 948. The topological polar surface area (TPSA) is 119 Å². The number of phenolic OH excluding ortho intramolecular Hbond substituents is 1. The Balaban J connectivity index is 1.42. The van der Waals surface area contributed by atoms with Crippen LogP contribution in [0.5, 0.6) is 5.75 Å². The van der Waals surface area contributed by atoms with Crippen molar-refractivity contribution in [1.29, 1.82) is 0 Å². The molecule has 3 aliphatic rings. The van der Waals surface area contributed by atoms with Gasteiger partial charge in [0.2, 0.25) is 5.91 Å². The van der Waals surface area contributed by atoms with Gasteiger partial charge in [-0.15, -0.1) is 0 Å². The van der Waals surface area contributed by atoms with Crippen molar-refractivity contribution in [3.63, 3.8) is 0 Å². The van der Waals surface area contributed by atoms with Crippen molar-refractivity contribution in [2.24, 2.45) is 11.3 Å². The van der Waals surface area contributed by atoms with Crippen LogP contribution in [-0.2, 0) is 9.59 Å². The fourth-order valence-electron chi connectivity index (χ4n) is 5.61. The van der Waals surface area contributed by atoms with Crippen LogP contribution in [0.15, 0.2) is 12.1 Å². The summed E-state index contributed by atoms with van der Waals surface area (Å²) in [5.74, 6) is -0.976. The first-order chi connectivity index (χ1) is 15.3. The third-order valence-electron chi connectivity index (χ3n) is 6.96. The molecule has 4 rings (SSSR count). The van der Waals surface area contributed by atoms with Crippen LogP contribution in [0.25, 0.3) is 0 Å². The predicted octanol–water partition coefficient (Wildman–Crippen LogP) is 1.23. The van der Waals surface area contributed by atoms with Gasteiger partial charge in [-0.2, -0.15) is 0 Å². The quantitative estimate of drug-likeness (QED) is 0.389. The molecule has 2 fully saturated rings. The minimum Gasteiger partial charge on any atom is -0.508 e. The van der Waals surface area contributed by atoms with Crippen molar-refractivity contribution >= 4 is 29.7 Å². The number of carbonyl (C=O) groups is 4. The molecular weight excluding hydrogens is 412 g/mol. The maximum absolute atomic E-state index is 13.1. The summed E-state index contributed by atoms with van der Waals surface area (Å²) < 4.78 is 0. The molecule has 1 unspecified atom stereocenters. The zero-order valence-corrected chi connectivity index (χ0v) is 18.5. The molecule has 1 spiro atoms. The largest absolute Gasteiger partial charge is 0.508 e. The maximum Gasteiger partial charge on any atom is 0.264 e. The molecule has 9 heteroatoms. The molecule has 1 atom stereocenters.